The van der Waals surface area contributed by atoms with Gasteiger partial charge in [-0.3, -0.25) is 10.0 Å². The van der Waals surface area contributed by atoms with Gasteiger partial charge < -0.3 is 16.4 Å². The van der Waals surface area contributed by atoms with Crippen LogP contribution >= 0.6 is 0 Å². The second kappa shape index (κ2) is 6.53. The number of nitrogens with one attached hydrogen (secondary N) is 1. The maximum atomic E-state index is 11.3. The summed E-state index contributed by atoms with van der Waals surface area (Å²) in [5.41, 5.74) is 15.6. The SMILES string of the molecule is CN(Cc1cnc2nc(N)nc(N)c2n1)c1ccc(C(=O)NO)cc1. The van der Waals surface area contributed by atoms with Crippen LogP contribution in [0, 0.1) is 0 Å². The molecule has 3 rings (SSSR count). The van der Waals surface area contributed by atoms with Crippen molar-refractivity contribution in [3.8, 4) is 0 Å². The number of nitrogens with zero attached hydrogens (tertiary/aromatic N) is 5. The number of anilines is 3. The number of hydroxylamine groups is 1. The zero-order chi connectivity index (χ0) is 18.0. The van der Waals surface area contributed by atoms with Gasteiger partial charge in [-0.15, -0.1) is 0 Å². The van der Waals surface area contributed by atoms with Gasteiger partial charge in [0.25, 0.3) is 5.91 Å². The number of benzene rings is 1. The number of hydrogen-bond acceptors (Lipinski definition) is 9. The number of rotatable bonds is 4. The van der Waals surface area contributed by atoms with E-state index in [1.165, 1.54) is 0 Å². The lowest BCUT2D eigenvalue weighted by molar-refractivity contribution is 0.0706. The lowest BCUT2D eigenvalue weighted by atomic mass is 10.2. The van der Waals surface area contributed by atoms with Crippen LogP contribution in [0.2, 0.25) is 0 Å². The predicted octanol–water partition coefficient (Wildman–Crippen LogP) is 0.340. The van der Waals surface area contributed by atoms with Crippen molar-refractivity contribution < 1.29 is 10.0 Å². The Labute approximate surface area is 142 Å². The zero-order valence-electron chi connectivity index (χ0n) is 13.3. The van der Waals surface area contributed by atoms with E-state index in [9.17, 15) is 4.79 Å². The summed E-state index contributed by atoms with van der Waals surface area (Å²) in [6, 6.07) is 6.74. The number of fused-ring (bicyclic) bond motifs is 1. The molecule has 0 unspecified atom stereocenters. The van der Waals surface area contributed by atoms with E-state index in [0.29, 0.717) is 29.0 Å². The average molecular weight is 340 g/mol. The fourth-order valence-electron chi connectivity index (χ4n) is 2.33. The number of amides is 1. The summed E-state index contributed by atoms with van der Waals surface area (Å²) in [4.78, 5) is 29.8. The molecule has 0 fully saturated rings. The molecule has 0 aliphatic heterocycles. The van der Waals surface area contributed by atoms with E-state index in [0.717, 1.165) is 5.69 Å². The summed E-state index contributed by atoms with van der Waals surface area (Å²) < 4.78 is 0. The summed E-state index contributed by atoms with van der Waals surface area (Å²) in [5.74, 6) is -0.334. The fraction of sp³-hybridized carbons (Fsp3) is 0.133. The molecule has 1 aromatic carbocycles. The molecule has 2 heterocycles. The van der Waals surface area contributed by atoms with Crippen molar-refractivity contribution in [2.24, 2.45) is 0 Å². The van der Waals surface area contributed by atoms with Gasteiger partial charge in [-0.2, -0.15) is 9.97 Å². The van der Waals surface area contributed by atoms with Gasteiger partial charge in [0.15, 0.2) is 17.0 Å². The lowest BCUT2D eigenvalue weighted by Gasteiger charge is -2.19. The molecule has 0 aliphatic rings. The van der Waals surface area contributed by atoms with E-state index in [-0.39, 0.29) is 11.8 Å². The largest absolute Gasteiger partial charge is 0.382 e. The molecule has 0 saturated heterocycles. The van der Waals surface area contributed by atoms with Crippen molar-refractivity contribution in [2.45, 2.75) is 6.54 Å². The molecule has 128 valence electrons. The minimum absolute atomic E-state index is 0.0520. The third-order valence-electron chi connectivity index (χ3n) is 3.57. The summed E-state index contributed by atoms with van der Waals surface area (Å²) >= 11 is 0. The summed E-state index contributed by atoms with van der Waals surface area (Å²) in [6.45, 7) is 0.457. The Balaban J connectivity index is 1.81. The molecule has 1 amide bonds. The van der Waals surface area contributed by atoms with Gasteiger partial charge in [0.2, 0.25) is 5.95 Å². The lowest BCUT2D eigenvalue weighted by Crippen LogP contribution is -2.20. The first-order chi connectivity index (χ1) is 12.0. The standard InChI is InChI=1S/C15H16N8O2/c1-23(10-4-2-8(3-5-10)14(24)22-25)7-9-6-18-13-11(19-9)12(16)20-15(17)21-13/h2-6,25H,7H2,1H3,(H,22,24)(H4,16,17,18,20,21). The topological polar surface area (TPSA) is 156 Å². The molecular formula is C15H16N8O2. The molecule has 0 aliphatic carbocycles. The highest BCUT2D eigenvalue weighted by Gasteiger charge is 2.10. The molecule has 25 heavy (non-hydrogen) atoms. The fourth-order valence-corrected chi connectivity index (χ4v) is 2.33. The van der Waals surface area contributed by atoms with Crippen molar-refractivity contribution in [1.82, 2.24) is 25.4 Å². The van der Waals surface area contributed by atoms with E-state index in [1.807, 2.05) is 11.9 Å². The van der Waals surface area contributed by atoms with Crippen LogP contribution in [0.5, 0.6) is 0 Å². The molecular weight excluding hydrogens is 324 g/mol. The Morgan fingerprint density at radius 2 is 1.92 bits per heavy atom. The Morgan fingerprint density at radius 1 is 1.20 bits per heavy atom. The highest BCUT2D eigenvalue weighted by molar-refractivity contribution is 5.93. The summed E-state index contributed by atoms with van der Waals surface area (Å²) in [5, 5.41) is 8.63. The third kappa shape index (κ3) is 3.38. The molecule has 6 N–H and O–H groups in total. The van der Waals surface area contributed by atoms with Crippen LogP contribution in [0.15, 0.2) is 30.5 Å². The minimum atomic E-state index is -0.565. The highest BCUT2D eigenvalue weighted by atomic mass is 16.5. The normalized spacial score (nSPS) is 10.6. The van der Waals surface area contributed by atoms with Crippen LogP contribution in [-0.2, 0) is 6.54 Å². The quantitative estimate of drug-likeness (QED) is 0.388. The molecule has 0 bridgehead atoms. The van der Waals surface area contributed by atoms with E-state index in [1.54, 1.807) is 35.9 Å². The Kier molecular flexibility index (Phi) is 4.27. The number of hydrogen-bond donors (Lipinski definition) is 4. The first-order valence-corrected chi connectivity index (χ1v) is 7.28. The Hall–Kier alpha value is -3.53. The molecule has 10 nitrogen and oxygen atoms in total. The summed E-state index contributed by atoms with van der Waals surface area (Å²) in [6.07, 6.45) is 1.60. The third-order valence-corrected chi connectivity index (χ3v) is 3.57. The van der Waals surface area contributed by atoms with Crippen molar-refractivity contribution >= 4 is 34.5 Å². The van der Waals surface area contributed by atoms with Gasteiger partial charge in [-0.1, -0.05) is 0 Å². The number of carbonyl (C=O) groups is 1. The Morgan fingerprint density at radius 3 is 2.60 bits per heavy atom. The van der Waals surface area contributed by atoms with Gasteiger partial charge in [0.1, 0.15) is 0 Å². The predicted molar refractivity (Wildman–Crippen MR) is 91.8 cm³/mol. The van der Waals surface area contributed by atoms with Crippen LogP contribution in [0.4, 0.5) is 17.5 Å². The van der Waals surface area contributed by atoms with E-state index in [4.69, 9.17) is 16.7 Å². The van der Waals surface area contributed by atoms with Crippen LogP contribution in [0.1, 0.15) is 16.1 Å². The monoisotopic (exact) mass is 340 g/mol. The van der Waals surface area contributed by atoms with Crippen LogP contribution in [-0.4, -0.2) is 38.1 Å². The molecule has 0 radical (unpaired) electrons. The van der Waals surface area contributed by atoms with E-state index < -0.39 is 5.91 Å². The van der Waals surface area contributed by atoms with E-state index in [2.05, 4.69) is 19.9 Å². The first kappa shape index (κ1) is 16.3. The maximum Gasteiger partial charge on any atom is 0.274 e. The first-order valence-electron chi connectivity index (χ1n) is 7.28. The molecule has 0 atom stereocenters. The average Bonchev–Trinajstić information content (AvgIpc) is 2.61. The van der Waals surface area contributed by atoms with Crippen molar-refractivity contribution in [1.29, 1.82) is 0 Å². The van der Waals surface area contributed by atoms with E-state index >= 15 is 0 Å². The molecule has 0 spiro atoms. The van der Waals surface area contributed by atoms with Crippen molar-refractivity contribution in [3.63, 3.8) is 0 Å². The number of nitrogen functional groups attached to an aromatic ring is 2. The van der Waals surface area contributed by atoms with Crippen LogP contribution in [0.25, 0.3) is 11.2 Å². The zero-order valence-corrected chi connectivity index (χ0v) is 13.3. The van der Waals surface area contributed by atoms with Gasteiger partial charge in [0.05, 0.1) is 18.4 Å². The molecule has 10 heteroatoms. The number of aromatic nitrogens is 4. The van der Waals surface area contributed by atoms with Gasteiger partial charge in [0, 0.05) is 18.3 Å². The summed E-state index contributed by atoms with van der Waals surface area (Å²) in [7, 11) is 1.87. The van der Waals surface area contributed by atoms with Crippen LogP contribution < -0.4 is 21.8 Å². The van der Waals surface area contributed by atoms with Crippen LogP contribution in [0.3, 0.4) is 0 Å². The number of carbonyl (C=O) groups excluding carboxylic acids is 1. The smallest absolute Gasteiger partial charge is 0.274 e. The molecule has 2 aromatic heterocycles. The van der Waals surface area contributed by atoms with Gasteiger partial charge >= 0.3 is 0 Å². The minimum Gasteiger partial charge on any atom is -0.382 e. The Bertz CT molecular complexity index is 929. The van der Waals surface area contributed by atoms with Crippen molar-refractivity contribution in [2.75, 3.05) is 23.4 Å². The molecule has 0 saturated carbocycles. The second-order valence-electron chi connectivity index (χ2n) is 5.34. The van der Waals surface area contributed by atoms with Gasteiger partial charge in [-0.05, 0) is 24.3 Å². The van der Waals surface area contributed by atoms with Crippen molar-refractivity contribution in [3.05, 3.63) is 41.7 Å². The second-order valence-corrected chi connectivity index (χ2v) is 5.34. The van der Waals surface area contributed by atoms with Gasteiger partial charge in [-0.25, -0.2) is 15.4 Å². The molecule has 3 aromatic rings. The maximum absolute atomic E-state index is 11.3. The number of nitrogens with two attached hydrogens (primary N) is 2. The highest BCUT2D eigenvalue weighted by Crippen LogP contribution is 2.18.